The smallest absolute Gasteiger partial charge is 0.320 e. The second-order valence-electron chi connectivity index (χ2n) is 5.01. The van der Waals surface area contributed by atoms with Gasteiger partial charge in [-0.2, -0.15) is 0 Å². The van der Waals surface area contributed by atoms with Gasteiger partial charge in [-0.05, 0) is 18.8 Å². The molecule has 0 saturated carbocycles. The van der Waals surface area contributed by atoms with Gasteiger partial charge in [0.1, 0.15) is 0 Å². The van der Waals surface area contributed by atoms with Gasteiger partial charge in [0.05, 0.1) is 20.3 Å². The van der Waals surface area contributed by atoms with Crippen molar-refractivity contribution < 1.29 is 23.0 Å². The Morgan fingerprint density at radius 3 is 2.59 bits per heavy atom. The predicted molar refractivity (Wildman–Crippen MR) is 58.9 cm³/mol. The summed E-state index contributed by atoms with van der Waals surface area (Å²) in [5.41, 5.74) is -1.80. The lowest BCUT2D eigenvalue weighted by Crippen LogP contribution is -2.55. The average molecular weight is 250 g/mol. The van der Waals surface area contributed by atoms with E-state index in [-0.39, 0.29) is 25.6 Å². The van der Waals surface area contributed by atoms with E-state index in [2.05, 4.69) is 4.74 Å². The Hall–Kier alpha value is -0.710. The summed E-state index contributed by atoms with van der Waals surface area (Å²) in [7, 11) is 1.14. The Kier molecular flexibility index (Phi) is 4.47. The third-order valence-electron chi connectivity index (χ3n) is 3.33. The molecule has 0 aromatic rings. The van der Waals surface area contributed by atoms with Gasteiger partial charge in [-0.1, -0.05) is 13.8 Å². The third-order valence-corrected chi connectivity index (χ3v) is 3.33. The monoisotopic (exact) mass is 250 g/mol. The number of ether oxygens (including phenoxy) is 2. The summed E-state index contributed by atoms with van der Waals surface area (Å²) in [4.78, 5) is 11.7. The molecule has 3 nitrogen and oxygen atoms in total. The Labute approximate surface area is 100 Å². The van der Waals surface area contributed by atoms with Gasteiger partial charge in [0, 0.05) is 6.42 Å². The fourth-order valence-electron chi connectivity index (χ4n) is 2.09. The average Bonchev–Trinajstić information content (AvgIpc) is 2.26. The second kappa shape index (κ2) is 5.29. The van der Waals surface area contributed by atoms with E-state index in [4.69, 9.17) is 4.74 Å². The van der Waals surface area contributed by atoms with E-state index < -0.39 is 23.7 Å². The first-order chi connectivity index (χ1) is 7.85. The number of alkyl halides is 2. The molecule has 0 aromatic heterocycles. The summed E-state index contributed by atoms with van der Waals surface area (Å²) in [5, 5.41) is 0. The Balaban J connectivity index is 2.94. The van der Waals surface area contributed by atoms with Gasteiger partial charge in [-0.25, -0.2) is 8.78 Å². The van der Waals surface area contributed by atoms with E-state index in [1.807, 2.05) is 13.8 Å². The fraction of sp³-hybridized carbons (Fsp3) is 0.917. The predicted octanol–water partition coefficient (Wildman–Crippen LogP) is 2.64. The van der Waals surface area contributed by atoms with Crippen LogP contribution in [0.15, 0.2) is 0 Å². The molecule has 1 saturated heterocycles. The van der Waals surface area contributed by atoms with Crippen LogP contribution in [0.5, 0.6) is 0 Å². The van der Waals surface area contributed by atoms with Crippen LogP contribution < -0.4 is 0 Å². The van der Waals surface area contributed by atoms with Gasteiger partial charge in [-0.3, -0.25) is 4.79 Å². The fourth-order valence-corrected chi connectivity index (χ4v) is 2.09. The maximum Gasteiger partial charge on any atom is 0.320 e. The molecule has 1 aliphatic rings. The molecular weight excluding hydrogens is 230 g/mol. The van der Waals surface area contributed by atoms with Crippen molar-refractivity contribution in [2.75, 3.05) is 20.3 Å². The maximum absolute atomic E-state index is 14.0. The number of hydrogen-bond donors (Lipinski definition) is 0. The zero-order chi connectivity index (χ0) is 13.1. The highest BCUT2D eigenvalue weighted by atomic mass is 19.3. The standard InChI is InChI=1S/C12H20F2O3/c1-9(2)4-5-11(10(15)16-3)8-17-7-6-12(11,13)14/h9H,4-8H2,1-3H3. The molecule has 1 unspecified atom stereocenters. The van der Waals surface area contributed by atoms with Gasteiger partial charge < -0.3 is 9.47 Å². The van der Waals surface area contributed by atoms with E-state index >= 15 is 0 Å². The van der Waals surface area contributed by atoms with Gasteiger partial charge in [-0.15, -0.1) is 0 Å². The van der Waals surface area contributed by atoms with Crippen molar-refractivity contribution in [3.8, 4) is 0 Å². The molecule has 0 aliphatic carbocycles. The van der Waals surface area contributed by atoms with Crippen molar-refractivity contribution >= 4 is 5.97 Å². The summed E-state index contributed by atoms with van der Waals surface area (Å²) in [6.07, 6.45) is 0.235. The minimum Gasteiger partial charge on any atom is -0.468 e. The number of carbonyl (C=O) groups is 1. The Morgan fingerprint density at radius 1 is 1.47 bits per heavy atom. The molecular formula is C12H20F2O3. The lowest BCUT2D eigenvalue weighted by Gasteiger charge is -2.41. The topological polar surface area (TPSA) is 35.5 Å². The first-order valence-corrected chi connectivity index (χ1v) is 5.90. The number of rotatable bonds is 4. The number of carbonyl (C=O) groups excluding carboxylic acids is 1. The molecule has 17 heavy (non-hydrogen) atoms. The summed E-state index contributed by atoms with van der Waals surface area (Å²) in [6.45, 7) is 3.62. The van der Waals surface area contributed by atoms with E-state index in [9.17, 15) is 13.6 Å². The minimum atomic E-state index is -3.05. The molecule has 1 heterocycles. The Bertz CT molecular complexity index is 279. The van der Waals surface area contributed by atoms with Crippen molar-refractivity contribution in [1.29, 1.82) is 0 Å². The van der Waals surface area contributed by atoms with Crippen LogP contribution in [0.1, 0.15) is 33.1 Å². The molecule has 0 bridgehead atoms. The van der Waals surface area contributed by atoms with Gasteiger partial charge in [0.25, 0.3) is 5.92 Å². The third kappa shape index (κ3) is 2.76. The van der Waals surface area contributed by atoms with Crippen molar-refractivity contribution in [2.24, 2.45) is 11.3 Å². The zero-order valence-corrected chi connectivity index (χ0v) is 10.6. The van der Waals surface area contributed by atoms with Crippen LogP contribution in [-0.4, -0.2) is 32.2 Å². The van der Waals surface area contributed by atoms with Crippen molar-refractivity contribution in [1.82, 2.24) is 0 Å². The van der Waals surface area contributed by atoms with Gasteiger partial charge >= 0.3 is 5.97 Å². The second-order valence-corrected chi connectivity index (χ2v) is 5.01. The van der Waals surface area contributed by atoms with E-state index in [1.165, 1.54) is 0 Å². The summed E-state index contributed by atoms with van der Waals surface area (Å²) >= 11 is 0. The lowest BCUT2D eigenvalue weighted by molar-refractivity contribution is -0.220. The first kappa shape index (κ1) is 14.4. The maximum atomic E-state index is 14.0. The van der Waals surface area contributed by atoms with E-state index in [0.29, 0.717) is 6.42 Å². The number of hydrogen-bond acceptors (Lipinski definition) is 3. The summed E-state index contributed by atoms with van der Waals surface area (Å²) in [6, 6.07) is 0. The number of esters is 1. The lowest BCUT2D eigenvalue weighted by atomic mass is 9.74. The largest absolute Gasteiger partial charge is 0.468 e. The van der Waals surface area contributed by atoms with Crippen LogP contribution in [0, 0.1) is 11.3 Å². The van der Waals surface area contributed by atoms with Crippen molar-refractivity contribution in [2.45, 2.75) is 39.0 Å². The molecule has 100 valence electrons. The molecule has 0 N–H and O–H groups in total. The quantitative estimate of drug-likeness (QED) is 0.719. The molecule has 0 spiro atoms. The van der Waals surface area contributed by atoms with Crippen LogP contribution in [0.3, 0.4) is 0 Å². The summed E-state index contributed by atoms with van der Waals surface area (Å²) < 4.78 is 37.7. The van der Waals surface area contributed by atoms with Gasteiger partial charge in [0.2, 0.25) is 0 Å². The van der Waals surface area contributed by atoms with E-state index in [1.54, 1.807) is 0 Å². The molecule has 1 aliphatic heterocycles. The van der Waals surface area contributed by atoms with Crippen LogP contribution in [0.2, 0.25) is 0 Å². The molecule has 5 heteroatoms. The minimum absolute atomic E-state index is 0.00652. The van der Waals surface area contributed by atoms with E-state index in [0.717, 1.165) is 7.11 Å². The van der Waals surface area contributed by atoms with Crippen LogP contribution in [0.25, 0.3) is 0 Å². The molecule has 0 aromatic carbocycles. The molecule has 0 amide bonds. The zero-order valence-electron chi connectivity index (χ0n) is 10.6. The van der Waals surface area contributed by atoms with Crippen LogP contribution >= 0.6 is 0 Å². The van der Waals surface area contributed by atoms with Gasteiger partial charge in [0.15, 0.2) is 5.41 Å². The number of halogens is 2. The van der Waals surface area contributed by atoms with Crippen molar-refractivity contribution in [3.05, 3.63) is 0 Å². The molecule has 1 atom stereocenters. The molecule has 1 fully saturated rings. The highest BCUT2D eigenvalue weighted by molar-refractivity contribution is 5.78. The van der Waals surface area contributed by atoms with Crippen LogP contribution in [-0.2, 0) is 14.3 Å². The van der Waals surface area contributed by atoms with Crippen molar-refractivity contribution in [3.63, 3.8) is 0 Å². The highest BCUT2D eigenvalue weighted by Gasteiger charge is 2.61. The normalized spacial score (nSPS) is 28.1. The number of methoxy groups -OCH3 is 1. The summed E-state index contributed by atoms with van der Waals surface area (Å²) in [5.74, 6) is -3.65. The Morgan fingerprint density at radius 2 is 2.12 bits per heavy atom. The SMILES string of the molecule is COC(=O)C1(CCC(C)C)COCCC1(F)F. The first-order valence-electron chi connectivity index (χ1n) is 5.90. The molecule has 1 rings (SSSR count). The van der Waals surface area contributed by atoms with Crippen LogP contribution in [0.4, 0.5) is 8.78 Å². The highest BCUT2D eigenvalue weighted by Crippen LogP contribution is 2.47. The molecule has 0 radical (unpaired) electrons.